The lowest BCUT2D eigenvalue weighted by molar-refractivity contribution is -0.129. The fourth-order valence-electron chi connectivity index (χ4n) is 3.42. The number of aromatic nitrogens is 2. The molecule has 8 heteroatoms. The van der Waals surface area contributed by atoms with Gasteiger partial charge < -0.3 is 15.1 Å². The monoisotopic (exact) mass is 455 g/mol. The number of amides is 2. The van der Waals surface area contributed by atoms with E-state index in [1.54, 1.807) is 18.7 Å². The van der Waals surface area contributed by atoms with Crippen LogP contribution in [0.1, 0.15) is 49.3 Å². The molecule has 0 unspecified atom stereocenters. The van der Waals surface area contributed by atoms with Crippen LogP contribution in [0, 0.1) is 5.92 Å². The Bertz CT molecular complexity index is 924. The van der Waals surface area contributed by atoms with Gasteiger partial charge in [0.05, 0.1) is 0 Å². The highest BCUT2D eigenvalue weighted by atomic mass is 32.2. The number of thioether (sulfide) groups is 1. The van der Waals surface area contributed by atoms with E-state index in [9.17, 15) is 9.59 Å². The molecular formula is C24H33N5O2S. The van der Waals surface area contributed by atoms with E-state index in [-0.39, 0.29) is 11.8 Å². The van der Waals surface area contributed by atoms with Gasteiger partial charge in [-0.1, -0.05) is 44.7 Å². The Kier molecular flexibility index (Phi) is 8.50. The lowest BCUT2D eigenvalue weighted by atomic mass is 10.1. The summed E-state index contributed by atoms with van der Waals surface area (Å²) >= 11 is 1.60. The first-order valence-electron chi connectivity index (χ1n) is 11.2. The Morgan fingerprint density at radius 1 is 1.09 bits per heavy atom. The number of rotatable bonds is 8. The van der Waals surface area contributed by atoms with Crippen molar-refractivity contribution in [2.24, 2.45) is 5.92 Å². The van der Waals surface area contributed by atoms with Crippen molar-refractivity contribution in [1.82, 2.24) is 20.2 Å². The molecule has 1 aromatic carbocycles. The number of benzene rings is 1. The number of carbonyl (C=O) groups is 2. The molecule has 0 spiro atoms. The highest BCUT2D eigenvalue weighted by Crippen LogP contribution is 2.24. The van der Waals surface area contributed by atoms with E-state index in [0.29, 0.717) is 18.0 Å². The number of nitrogens with one attached hydrogen (secondary N) is 1. The Hall–Kier alpha value is -2.61. The van der Waals surface area contributed by atoms with Gasteiger partial charge in [-0.2, -0.15) is 0 Å². The Morgan fingerprint density at radius 2 is 1.78 bits per heavy atom. The normalized spacial score (nSPS) is 14.0. The van der Waals surface area contributed by atoms with Crippen LogP contribution in [0.5, 0.6) is 0 Å². The van der Waals surface area contributed by atoms with Crippen LogP contribution in [0.15, 0.2) is 35.5 Å². The average molecular weight is 456 g/mol. The van der Waals surface area contributed by atoms with Gasteiger partial charge in [0.1, 0.15) is 5.82 Å². The summed E-state index contributed by atoms with van der Waals surface area (Å²) in [4.78, 5) is 37.4. The molecule has 7 nitrogen and oxygen atoms in total. The number of anilines is 1. The topological polar surface area (TPSA) is 78.4 Å². The lowest BCUT2D eigenvalue weighted by Gasteiger charge is -2.35. The Morgan fingerprint density at radius 3 is 2.38 bits per heavy atom. The van der Waals surface area contributed by atoms with E-state index < -0.39 is 0 Å². The summed E-state index contributed by atoms with van der Waals surface area (Å²) in [7, 11) is 0. The van der Waals surface area contributed by atoms with E-state index in [1.165, 1.54) is 0 Å². The van der Waals surface area contributed by atoms with Crippen LogP contribution in [-0.4, -0.2) is 59.4 Å². The molecule has 0 saturated carbocycles. The number of hydrogen-bond acceptors (Lipinski definition) is 6. The number of piperazine rings is 1. The zero-order valence-electron chi connectivity index (χ0n) is 19.4. The molecule has 1 saturated heterocycles. The molecule has 1 aliphatic heterocycles. The van der Waals surface area contributed by atoms with Gasteiger partial charge in [0.2, 0.25) is 5.91 Å². The molecule has 1 aliphatic rings. The first-order chi connectivity index (χ1) is 15.4. The Labute approximate surface area is 195 Å². The predicted octanol–water partition coefficient (Wildman–Crippen LogP) is 3.39. The first-order valence-corrected chi connectivity index (χ1v) is 12.2. The molecule has 1 aromatic heterocycles. The SMILES string of the molecule is CCc1cc(N2CCN(C(C)=O)CC2)nc(SCc2ccc(C(=O)NCC(C)C)cc2)n1. The summed E-state index contributed by atoms with van der Waals surface area (Å²) in [5.74, 6) is 2.18. The second-order valence-electron chi connectivity index (χ2n) is 8.44. The molecule has 2 amide bonds. The number of hydrogen-bond donors (Lipinski definition) is 1. The fourth-order valence-corrected chi connectivity index (χ4v) is 4.24. The van der Waals surface area contributed by atoms with E-state index in [2.05, 4.69) is 42.0 Å². The van der Waals surface area contributed by atoms with Crippen molar-refractivity contribution in [3.63, 3.8) is 0 Å². The van der Waals surface area contributed by atoms with Crippen molar-refractivity contribution in [3.05, 3.63) is 47.2 Å². The van der Waals surface area contributed by atoms with Gasteiger partial charge in [0.15, 0.2) is 5.16 Å². The van der Waals surface area contributed by atoms with Gasteiger partial charge in [-0.25, -0.2) is 9.97 Å². The molecule has 0 bridgehead atoms. The number of aryl methyl sites for hydroxylation is 1. The van der Waals surface area contributed by atoms with Gasteiger partial charge in [-0.15, -0.1) is 0 Å². The van der Waals surface area contributed by atoms with Crippen molar-refractivity contribution in [1.29, 1.82) is 0 Å². The first kappa shape index (κ1) is 24.0. The van der Waals surface area contributed by atoms with Crippen molar-refractivity contribution in [2.75, 3.05) is 37.6 Å². The zero-order chi connectivity index (χ0) is 23.1. The van der Waals surface area contributed by atoms with Crippen LogP contribution in [-0.2, 0) is 17.0 Å². The zero-order valence-corrected chi connectivity index (χ0v) is 20.2. The van der Waals surface area contributed by atoms with Gasteiger partial charge >= 0.3 is 0 Å². The van der Waals surface area contributed by atoms with Crippen LogP contribution >= 0.6 is 11.8 Å². The number of nitrogens with zero attached hydrogens (tertiary/aromatic N) is 4. The maximum Gasteiger partial charge on any atom is 0.251 e. The maximum absolute atomic E-state index is 12.2. The van der Waals surface area contributed by atoms with Crippen LogP contribution < -0.4 is 10.2 Å². The molecule has 2 aromatic rings. The standard InChI is InChI=1S/C24H33N5O2S/c1-5-21-14-22(29-12-10-28(11-13-29)18(4)30)27-24(26-21)32-16-19-6-8-20(9-7-19)23(31)25-15-17(2)3/h6-9,14,17H,5,10-13,15-16H2,1-4H3,(H,25,31). The summed E-state index contributed by atoms with van der Waals surface area (Å²) < 4.78 is 0. The summed E-state index contributed by atoms with van der Waals surface area (Å²) in [5.41, 5.74) is 2.82. The van der Waals surface area contributed by atoms with E-state index in [0.717, 1.165) is 60.6 Å². The molecule has 172 valence electrons. The van der Waals surface area contributed by atoms with Crippen molar-refractivity contribution in [2.45, 2.75) is 45.0 Å². The molecule has 1 fully saturated rings. The molecule has 3 rings (SSSR count). The predicted molar refractivity (Wildman–Crippen MR) is 129 cm³/mol. The Balaban J connectivity index is 1.62. The van der Waals surface area contributed by atoms with Gasteiger partial charge in [0.25, 0.3) is 5.91 Å². The molecule has 0 atom stereocenters. The molecule has 0 radical (unpaired) electrons. The van der Waals surface area contributed by atoms with E-state index in [4.69, 9.17) is 4.98 Å². The van der Waals surface area contributed by atoms with Crippen molar-refractivity contribution in [3.8, 4) is 0 Å². The van der Waals surface area contributed by atoms with E-state index in [1.807, 2.05) is 29.2 Å². The summed E-state index contributed by atoms with van der Waals surface area (Å²) in [6.07, 6.45) is 0.844. The molecule has 0 aliphatic carbocycles. The molecule has 32 heavy (non-hydrogen) atoms. The van der Waals surface area contributed by atoms with Crippen LogP contribution in [0.2, 0.25) is 0 Å². The minimum atomic E-state index is -0.0357. The minimum absolute atomic E-state index is 0.0357. The molecule has 2 heterocycles. The third kappa shape index (κ3) is 6.69. The average Bonchev–Trinajstić information content (AvgIpc) is 2.81. The van der Waals surface area contributed by atoms with Crippen molar-refractivity contribution >= 4 is 29.4 Å². The van der Waals surface area contributed by atoms with Gasteiger partial charge in [-0.05, 0) is 30.0 Å². The van der Waals surface area contributed by atoms with Crippen molar-refractivity contribution < 1.29 is 9.59 Å². The van der Waals surface area contributed by atoms with Gasteiger partial charge in [-0.3, -0.25) is 9.59 Å². The number of carbonyl (C=O) groups excluding carboxylic acids is 2. The molecular weight excluding hydrogens is 422 g/mol. The third-order valence-corrected chi connectivity index (χ3v) is 6.33. The van der Waals surface area contributed by atoms with E-state index >= 15 is 0 Å². The summed E-state index contributed by atoms with van der Waals surface area (Å²) in [6, 6.07) is 9.77. The smallest absolute Gasteiger partial charge is 0.251 e. The van der Waals surface area contributed by atoms with Crippen LogP contribution in [0.3, 0.4) is 0 Å². The second-order valence-corrected chi connectivity index (χ2v) is 9.38. The van der Waals surface area contributed by atoms with Crippen LogP contribution in [0.25, 0.3) is 0 Å². The fraction of sp³-hybridized carbons (Fsp3) is 0.500. The highest BCUT2D eigenvalue weighted by molar-refractivity contribution is 7.98. The maximum atomic E-state index is 12.2. The lowest BCUT2D eigenvalue weighted by Crippen LogP contribution is -2.48. The second kappa shape index (κ2) is 11.3. The minimum Gasteiger partial charge on any atom is -0.353 e. The highest BCUT2D eigenvalue weighted by Gasteiger charge is 2.20. The quantitative estimate of drug-likeness (QED) is 0.486. The third-order valence-electron chi connectivity index (χ3n) is 5.41. The van der Waals surface area contributed by atoms with Gasteiger partial charge in [0, 0.05) is 62.7 Å². The largest absolute Gasteiger partial charge is 0.353 e. The summed E-state index contributed by atoms with van der Waals surface area (Å²) in [5, 5.41) is 3.70. The summed E-state index contributed by atoms with van der Waals surface area (Å²) in [6.45, 7) is 11.6. The molecule has 1 N–H and O–H groups in total. The van der Waals surface area contributed by atoms with Crippen LogP contribution in [0.4, 0.5) is 5.82 Å².